The maximum Gasteiger partial charge on any atom is 0.243 e. The summed E-state index contributed by atoms with van der Waals surface area (Å²) in [4.78, 5) is 29.6. The Kier molecular flexibility index (Phi) is 9.61. The summed E-state index contributed by atoms with van der Waals surface area (Å²) in [5, 5.41) is 3.65. The fourth-order valence-corrected chi connectivity index (χ4v) is 4.49. The Balaban J connectivity index is 1.89. The molecule has 0 unspecified atom stereocenters. The predicted molar refractivity (Wildman–Crippen MR) is 141 cm³/mol. The first kappa shape index (κ1) is 25.9. The molecule has 0 heterocycles. The van der Waals surface area contributed by atoms with Crippen molar-refractivity contribution in [3.05, 3.63) is 101 Å². The van der Waals surface area contributed by atoms with Gasteiger partial charge in [0, 0.05) is 28.9 Å². The van der Waals surface area contributed by atoms with E-state index < -0.39 is 6.04 Å². The summed E-state index contributed by atoms with van der Waals surface area (Å²) < 4.78 is 0. The number of benzene rings is 3. The van der Waals surface area contributed by atoms with Crippen LogP contribution >= 0.6 is 23.4 Å². The van der Waals surface area contributed by atoms with Crippen molar-refractivity contribution in [1.29, 1.82) is 0 Å². The fourth-order valence-electron chi connectivity index (χ4n) is 3.58. The van der Waals surface area contributed by atoms with Gasteiger partial charge in [-0.1, -0.05) is 71.8 Å². The number of carbonyl (C=O) groups excluding carboxylic acids is 2. The van der Waals surface area contributed by atoms with E-state index in [1.807, 2.05) is 87.5 Å². The highest BCUT2D eigenvalue weighted by Gasteiger charge is 2.30. The van der Waals surface area contributed by atoms with Crippen LogP contribution in [-0.2, 0) is 22.6 Å². The van der Waals surface area contributed by atoms with Crippen molar-refractivity contribution in [2.75, 3.05) is 5.75 Å². The van der Waals surface area contributed by atoms with Gasteiger partial charge in [-0.25, -0.2) is 0 Å². The van der Waals surface area contributed by atoms with Crippen LogP contribution < -0.4 is 5.32 Å². The molecular formula is C28H31ClN2O2S. The third-order valence-corrected chi connectivity index (χ3v) is 6.60. The Labute approximate surface area is 211 Å². The fraction of sp³-hybridized carbons (Fsp3) is 0.286. The highest BCUT2D eigenvalue weighted by atomic mass is 35.5. The summed E-state index contributed by atoms with van der Waals surface area (Å²) in [6.45, 7) is 6.22. The number of nitrogens with one attached hydrogen (secondary N) is 1. The van der Waals surface area contributed by atoms with Gasteiger partial charge in [0.05, 0.1) is 5.75 Å². The van der Waals surface area contributed by atoms with Crippen LogP contribution in [0.4, 0.5) is 0 Å². The molecule has 178 valence electrons. The Morgan fingerprint density at radius 3 is 2.18 bits per heavy atom. The van der Waals surface area contributed by atoms with Gasteiger partial charge < -0.3 is 10.2 Å². The topological polar surface area (TPSA) is 49.4 Å². The number of carbonyl (C=O) groups is 2. The molecule has 0 aromatic heterocycles. The Morgan fingerprint density at radius 1 is 0.912 bits per heavy atom. The van der Waals surface area contributed by atoms with Gasteiger partial charge >= 0.3 is 0 Å². The van der Waals surface area contributed by atoms with Gasteiger partial charge in [0.25, 0.3) is 0 Å². The van der Waals surface area contributed by atoms with Crippen LogP contribution in [0, 0.1) is 6.92 Å². The zero-order chi connectivity index (χ0) is 24.5. The van der Waals surface area contributed by atoms with Gasteiger partial charge in [-0.05, 0) is 56.2 Å². The van der Waals surface area contributed by atoms with Crippen LogP contribution in [0.2, 0.25) is 5.02 Å². The van der Waals surface area contributed by atoms with E-state index in [1.165, 1.54) is 17.3 Å². The van der Waals surface area contributed by atoms with E-state index >= 15 is 0 Å². The van der Waals surface area contributed by atoms with Crippen molar-refractivity contribution >= 4 is 35.2 Å². The van der Waals surface area contributed by atoms with Crippen molar-refractivity contribution in [2.45, 2.75) is 50.7 Å². The van der Waals surface area contributed by atoms with Gasteiger partial charge in [-0.15, -0.1) is 11.8 Å². The highest BCUT2D eigenvalue weighted by Crippen LogP contribution is 2.22. The number of halogens is 1. The lowest BCUT2D eigenvalue weighted by Gasteiger charge is -2.32. The van der Waals surface area contributed by atoms with Crippen LogP contribution in [0.15, 0.2) is 83.8 Å². The lowest BCUT2D eigenvalue weighted by Crippen LogP contribution is -2.52. The van der Waals surface area contributed by atoms with E-state index in [9.17, 15) is 9.59 Å². The Bertz CT molecular complexity index is 1070. The van der Waals surface area contributed by atoms with E-state index in [1.54, 1.807) is 17.0 Å². The molecule has 0 saturated heterocycles. The van der Waals surface area contributed by atoms with Gasteiger partial charge in [-0.2, -0.15) is 0 Å². The largest absolute Gasteiger partial charge is 0.352 e. The number of aryl methyl sites for hydroxylation is 1. The van der Waals surface area contributed by atoms with E-state index in [0.29, 0.717) is 18.0 Å². The zero-order valence-corrected chi connectivity index (χ0v) is 21.4. The molecule has 3 rings (SSSR count). The third-order valence-electron chi connectivity index (χ3n) is 5.35. The molecular weight excluding hydrogens is 464 g/mol. The average molecular weight is 495 g/mol. The third kappa shape index (κ3) is 7.93. The van der Waals surface area contributed by atoms with E-state index in [0.717, 1.165) is 16.0 Å². The van der Waals surface area contributed by atoms with Crippen LogP contribution in [-0.4, -0.2) is 34.6 Å². The molecule has 4 nitrogen and oxygen atoms in total. The zero-order valence-electron chi connectivity index (χ0n) is 19.8. The summed E-state index contributed by atoms with van der Waals surface area (Å²) in [6, 6.07) is 24.7. The molecule has 1 atom stereocenters. The number of amides is 2. The van der Waals surface area contributed by atoms with Crippen LogP contribution in [0.3, 0.4) is 0 Å². The van der Waals surface area contributed by atoms with Crippen LogP contribution in [0.1, 0.15) is 30.5 Å². The molecule has 0 bridgehead atoms. The molecule has 0 radical (unpaired) electrons. The summed E-state index contributed by atoms with van der Waals surface area (Å²) in [6.07, 6.45) is 0.438. The molecule has 34 heavy (non-hydrogen) atoms. The van der Waals surface area contributed by atoms with Gasteiger partial charge in [0.2, 0.25) is 11.8 Å². The van der Waals surface area contributed by atoms with Crippen molar-refractivity contribution in [2.24, 2.45) is 0 Å². The second kappa shape index (κ2) is 12.6. The molecule has 0 aliphatic rings. The summed E-state index contributed by atoms with van der Waals surface area (Å²) in [5.41, 5.74) is 3.10. The quantitative estimate of drug-likeness (QED) is 0.357. The SMILES string of the molecule is Cc1ccc(SCC(=O)N(Cc2ccc(Cl)cc2)[C@H](Cc2ccccc2)C(=O)NC(C)C)cc1. The molecule has 3 aromatic rings. The lowest BCUT2D eigenvalue weighted by atomic mass is 10.0. The van der Waals surface area contributed by atoms with E-state index in [2.05, 4.69) is 5.32 Å². The monoisotopic (exact) mass is 494 g/mol. The number of hydrogen-bond donors (Lipinski definition) is 1. The molecule has 0 fully saturated rings. The van der Waals surface area contributed by atoms with Crippen molar-refractivity contribution in [3.8, 4) is 0 Å². The number of rotatable bonds is 10. The van der Waals surface area contributed by atoms with E-state index in [4.69, 9.17) is 11.6 Å². The minimum absolute atomic E-state index is 0.0276. The number of thioether (sulfide) groups is 1. The molecule has 6 heteroatoms. The van der Waals surface area contributed by atoms with Crippen LogP contribution in [0.5, 0.6) is 0 Å². The maximum absolute atomic E-state index is 13.6. The standard InChI is InChI=1S/C28H31ClN2O2S/c1-20(2)30-28(33)26(17-22-7-5-4-6-8-22)31(18-23-11-13-24(29)14-12-23)27(32)19-34-25-15-9-21(3)10-16-25/h4-16,20,26H,17-19H2,1-3H3,(H,30,33)/t26-/m1/s1. The first-order valence-electron chi connectivity index (χ1n) is 11.4. The smallest absolute Gasteiger partial charge is 0.243 e. The lowest BCUT2D eigenvalue weighted by molar-refractivity contribution is -0.139. The second-order valence-corrected chi connectivity index (χ2v) is 10.1. The molecule has 2 amide bonds. The van der Waals surface area contributed by atoms with Crippen LogP contribution in [0.25, 0.3) is 0 Å². The molecule has 0 spiro atoms. The first-order chi connectivity index (χ1) is 16.3. The normalized spacial score (nSPS) is 11.8. The molecule has 0 aliphatic heterocycles. The van der Waals surface area contributed by atoms with Gasteiger partial charge in [0.15, 0.2) is 0 Å². The van der Waals surface area contributed by atoms with Crippen molar-refractivity contribution in [3.63, 3.8) is 0 Å². The molecule has 1 N–H and O–H groups in total. The molecule has 3 aromatic carbocycles. The van der Waals surface area contributed by atoms with Gasteiger partial charge in [-0.3, -0.25) is 9.59 Å². The molecule has 0 saturated carbocycles. The predicted octanol–water partition coefficient (Wildman–Crippen LogP) is 5.91. The Hall–Kier alpha value is -2.76. The highest BCUT2D eigenvalue weighted by molar-refractivity contribution is 8.00. The van der Waals surface area contributed by atoms with Crippen molar-refractivity contribution < 1.29 is 9.59 Å². The minimum Gasteiger partial charge on any atom is -0.352 e. The summed E-state index contributed by atoms with van der Waals surface area (Å²) >= 11 is 7.55. The maximum atomic E-state index is 13.6. The first-order valence-corrected chi connectivity index (χ1v) is 12.8. The second-order valence-electron chi connectivity index (χ2n) is 8.62. The summed E-state index contributed by atoms with van der Waals surface area (Å²) in [7, 11) is 0. The summed E-state index contributed by atoms with van der Waals surface area (Å²) in [5.74, 6) is 0.0125. The number of hydrogen-bond acceptors (Lipinski definition) is 3. The van der Waals surface area contributed by atoms with Crippen molar-refractivity contribution in [1.82, 2.24) is 10.2 Å². The molecule has 0 aliphatic carbocycles. The van der Waals surface area contributed by atoms with E-state index in [-0.39, 0.29) is 23.6 Å². The average Bonchev–Trinajstić information content (AvgIpc) is 2.82. The minimum atomic E-state index is -0.633. The number of nitrogens with zero attached hydrogens (tertiary/aromatic N) is 1. The Morgan fingerprint density at radius 2 is 1.56 bits per heavy atom. The van der Waals surface area contributed by atoms with Gasteiger partial charge in [0.1, 0.15) is 6.04 Å².